The highest BCUT2D eigenvalue weighted by Gasteiger charge is 2.64. The van der Waals surface area contributed by atoms with Gasteiger partial charge in [-0.05, 0) is 20.8 Å². The molecule has 0 saturated carbocycles. The predicted molar refractivity (Wildman–Crippen MR) is 70.4 cm³/mol. The van der Waals surface area contributed by atoms with Crippen molar-refractivity contribution in [3.05, 3.63) is 11.9 Å². The molecule has 2 rings (SSSR count). The fourth-order valence-corrected chi connectivity index (χ4v) is 3.91. The summed E-state index contributed by atoms with van der Waals surface area (Å²) in [5, 5.41) is 17.1. The number of hydrazone groups is 1. The third-order valence-corrected chi connectivity index (χ3v) is 5.19. The Bertz CT molecular complexity index is 725. The average molecular weight is 340 g/mol. The molecule has 11 heteroatoms. The second-order valence-corrected chi connectivity index (χ2v) is 6.72. The zero-order valence-electron chi connectivity index (χ0n) is 12.1. The molecule has 7 nitrogen and oxygen atoms in total. The molecule has 2 heterocycles. The van der Waals surface area contributed by atoms with Gasteiger partial charge >= 0.3 is 6.18 Å². The molecular formula is C11H15F3N4O3S. The van der Waals surface area contributed by atoms with E-state index in [0.29, 0.717) is 6.54 Å². The zero-order chi connectivity index (χ0) is 16.9. The standard InChI is InChI=1S/C11H15F3N4O3S/c1-4-17-8(3)9(6-15-17)22(20,21)18-10(19,11(12,13)14)5-7(2)16-18/h6,19H,4-5H2,1-3H3/t10-/m0/s1. The maximum Gasteiger partial charge on any atom is 0.439 e. The maximum atomic E-state index is 13.1. The molecule has 124 valence electrons. The summed E-state index contributed by atoms with van der Waals surface area (Å²) in [7, 11) is -4.69. The Morgan fingerprint density at radius 1 is 1.41 bits per heavy atom. The lowest BCUT2D eigenvalue weighted by molar-refractivity contribution is -0.291. The predicted octanol–water partition coefficient (Wildman–Crippen LogP) is 1.23. The van der Waals surface area contributed by atoms with E-state index in [-0.39, 0.29) is 15.8 Å². The van der Waals surface area contributed by atoms with Gasteiger partial charge in [-0.25, -0.2) is 0 Å². The normalized spacial score (nSPS) is 23.0. The van der Waals surface area contributed by atoms with Crippen LogP contribution in [-0.4, -0.2) is 45.3 Å². The van der Waals surface area contributed by atoms with Crippen LogP contribution in [0.2, 0.25) is 0 Å². The molecule has 1 atom stereocenters. The van der Waals surface area contributed by atoms with Crippen molar-refractivity contribution in [1.82, 2.24) is 14.2 Å². The summed E-state index contributed by atoms with van der Waals surface area (Å²) < 4.78 is 65.5. The van der Waals surface area contributed by atoms with Gasteiger partial charge in [-0.3, -0.25) is 4.68 Å². The number of sulfonamides is 1. The lowest BCUT2D eigenvalue weighted by atomic mass is 10.1. The van der Waals surface area contributed by atoms with E-state index in [1.807, 2.05) is 0 Å². The first-order valence-corrected chi connectivity index (χ1v) is 7.80. The third-order valence-electron chi connectivity index (χ3n) is 3.40. The molecule has 0 bridgehead atoms. The number of halogens is 3. The molecule has 1 N–H and O–H groups in total. The van der Waals surface area contributed by atoms with Gasteiger partial charge in [-0.1, -0.05) is 0 Å². The van der Waals surface area contributed by atoms with E-state index in [4.69, 9.17) is 0 Å². The van der Waals surface area contributed by atoms with Crippen molar-refractivity contribution in [3.63, 3.8) is 0 Å². The van der Waals surface area contributed by atoms with Gasteiger partial charge in [0.05, 0.1) is 11.9 Å². The molecule has 1 aromatic heterocycles. The monoisotopic (exact) mass is 340 g/mol. The van der Waals surface area contributed by atoms with Crippen molar-refractivity contribution in [1.29, 1.82) is 0 Å². The van der Waals surface area contributed by atoms with E-state index in [1.54, 1.807) is 6.92 Å². The highest BCUT2D eigenvalue weighted by Crippen LogP contribution is 2.43. The van der Waals surface area contributed by atoms with Crippen LogP contribution in [0.3, 0.4) is 0 Å². The van der Waals surface area contributed by atoms with Crippen molar-refractivity contribution in [2.75, 3.05) is 0 Å². The zero-order valence-corrected chi connectivity index (χ0v) is 12.9. The fourth-order valence-electron chi connectivity index (χ4n) is 2.25. The highest BCUT2D eigenvalue weighted by molar-refractivity contribution is 7.89. The number of aryl methyl sites for hydroxylation is 1. The summed E-state index contributed by atoms with van der Waals surface area (Å²) in [6.45, 7) is 4.70. The molecule has 1 aliphatic rings. The van der Waals surface area contributed by atoms with Gasteiger partial charge in [0, 0.05) is 18.7 Å². The van der Waals surface area contributed by atoms with Crippen molar-refractivity contribution < 1.29 is 26.7 Å². The van der Waals surface area contributed by atoms with E-state index in [0.717, 1.165) is 6.20 Å². The number of rotatable bonds is 3. The number of nitrogens with zero attached hydrogens (tertiary/aromatic N) is 4. The lowest BCUT2D eigenvalue weighted by Gasteiger charge is -2.32. The van der Waals surface area contributed by atoms with Crippen LogP contribution in [0.5, 0.6) is 0 Å². The molecule has 0 aromatic carbocycles. The molecule has 1 aromatic rings. The first-order chi connectivity index (χ1) is 9.95. The Hall–Kier alpha value is -1.62. The van der Waals surface area contributed by atoms with E-state index in [9.17, 15) is 26.7 Å². The number of hydrogen-bond donors (Lipinski definition) is 1. The number of aromatic nitrogens is 2. The summed E-state index contributed by atoms with van der Waals surface area (Å²) in [5.41, 5.74) is -3.55. The maximum absolute atomic E-state index is 13.1. The molecule has 0 saturated heterocycles. The minimum absolute atomic E-state index is 0.135. The Balaban J connectivity index is 2.59. The summed E-state index contributed by atoms with van der Waals surface area (Å²) in [6, 6.07) is 0. The number of aliphatic hydroxyl groups is 1. The molecule has 0 aliphatic carbocycles. The van der Waals surface area contributed by atoms with Crippen molar-refractivity contribution in [2.45, 2.75) is 50.5 Å². The number of alkyl halides is 3. The van der Waals surface area contributed by atoms with E-state index in [2.05, 4.69) is 10.2 Å². The highest BCUT2D eigenvalue weighted by atomic mass is 32.2. The molecule has 0 spiro atoms. The van der Waals surface area contributed by atoms with Gasteiger partial charge in [0.2, 0.25) is 0 Å². The summed E-state index contributed by atoms with van der Waals surface area (Å²) in [4.78, 5) is -0.421. The quantitative estimate of drug-likeness (QED) is 0.896. The van der Waals surface area contributed by atoms with Crippen LogP contribution in [0.25, 0.3) is 0 Å². The van der Waals surface area contributed by atoms with E-state index < -0.39 is 33.2 Å². The van der Waals surface area contributed by atoms with Crippen LogP contribution in [-0.2, 0) is 16.6 Å². The van der Waals surface area contributed by atoms with Crippen LogP contribution in [0, 0.1) is 6.92 Å². The van der Waals surface area contributed by atoms with Crippen LogP contribution < -0.4 is 0 Å². The first-order valence-electron chi connectivity index (χ1n) is 6.36. The van der Waals surface area contributed by atoms with Crippen molar-refractivity contribution in [3.8, 4) is 0 Å². The second kappa shape index (κ2) is 4.95. The van der Waals surface area contributed by atoms with Gasteiger partial charge in [-0.2, -0.15) is 31.8 Å². The van der Waals surface area contributed by atoms with Crippen molar-refractivity contribution >= 4 is 15.7 Å². The second-order valence-electron chi connectivity index (χ2n) is 4.98. The van der Waals surface area contributed by atoms with E-state index in [1.165, 1.54) is 18.5 Å². The van der Waals surface area contributed by atoms with Gasteiger partial charge in [0.1, 0.15) is 4.90 Å². The van der Waals surface area contributed by atoms with E-state index >= 15 is 0 Å². The summed E-state index contributed by atoms with van der Waals surface area (Å²) in [6.07, 6.45) is -5.17. The van der Waals surface area contributed by atoms with Crippen molar-refractivity contribution in [2.24, 2.45) is 5.10 Å². The summed E-state index contributed by atoms with van der Waals surface area (Å²) in [5.74, 6) is 0. The molecule has 0 fully saturated rings. The molecular weight excluding hydrogens is 325 g/mol. The van der Waals surface area contributed by atoms with Crippen LogP contribution in [0.1, 0.15) is 26.0 Å². The smallest absolute Gasteiger partial charge is 0.361 e. The Morgan fingerprint density at radius 2 is 2.00 bits per heavy atom. The Labute approximate surface area is 125 Å². The lowest BCUT2D eigenvalue weighted by Crippen LogP contribution is -2.56. The molecule has 0 unspecified atom stereocenters. The first kappa shape index (κ1) is 16.7. The topological polar surface area (TPSA) is 87.8 Å². The molecule has 1 aliphatic heterocycles. The minimum Gasteiger partial charge on any atom is -0.361 e. The minimum atomic E-state index is -5.18. The molecule has 0 radical (unpaired) electrons. The van der Waals surface area contributed by atoms with Gasteiger partial charge < -0.3 is 5.11 Å². The van der Waals surface area contributed by atoms with Crippen LogP contribution in [0.15, 0.2) is 16.2 Å². The molecule has 22 heavy (non-hydrogen) atoms. The Kier molecular flexibility index (Phi) is 3.77. The van der Waals surface area contributed by atoms with Crippen LogP contribution >= 0.6 is 0 Å². The average Bonchev–Trinajstić information content (AvgIpc) is 2.90. The van der Waals surface area contributed by atoms with Gasteiger partial charge in [0.15, 0.2) is 0 Å². The molecule has 0 amide bonds. The summed E-state index contributed by atoms with van der Waals surface area (Å²) >= 11 is 0. The Morgan fingerprint density at radius 3 is 2.45 bits per heavy atom. The van der Waals surface area contributed by atoms with Gasteiger partial charge in [-0.15, -0.1) is 4.41 Å². The SMILES string of the molecule is CCn1ncc(S(=O)(=O)N2N=C(C)C[C@]2(O)C(F)(F)F)c1C. The largest absolute Gasteiger partial charge is 0.439 e. The third kappa shape index (κ3) is 2.28. The van der Waals surface area contributed by atoms with Crippen LogP contribution in [0.4, 0.5) is 13.2 Å². The van der Waals surface area contributed by atoms with Gasteiger partial charge in [0.25, 0.3) is 15.7 Å². The number of hydrogen-bond acceptors (Lipinski definition) is 5. The fraction of sp³-hybridized carbons (Fsp3) is 0.636.